The highest BCUT2D eigenvalue weighted by molar-refractivity contribution is 5.44. The lowest BCUT2D eigenvalue weighted by atomic mass is 10.0. The lowest BCUT2D eigenvalue weighted by molar-refractivity contribution is 0.259. The number of nitrogens with zero attached hydrogens (tertiary/aromatic N) is 1. The molecule has 0 aliphatic heterocycles. The predicted octanol–water partition coefficient (Wildman–Crippen LogP) is 1.48. The summed E-state index contributed by atoms with van der Waals surface area (Å²) in [7, 11) is 0. The van der Waals surface area contributed by atoms with Crippen LogP contribution in [0.15, 0.2) is 18.3 Å². The molecule has 1 atom stereocenters. The van der Waals surface area contributed by atoms with E-state index in [9.17, 15) is 5.11 Å². The first kappa shape index (κ1) is 11.8. The smallest absolute Gasteiger partial charge is 0.126 e. The second-order valence-electron chi connectivity index (χ2n) is 4.13. The van der Waals surface area contributed by atoms with Gasteiger partial charge in [-0.05, 0) is 24.5 Å². The first-order chi connectivity index (χ1) is 7.11. The Balaban J connectivity index is 2.54. The van der Waals surface area contributed by atoms with Gasteiger partial charge in [0.2, 0.25) is 0 Å². The fourth-order valence-corrected chi connectivity index (χ4v) is 1.45. The fraction of sp³-hybridized carbons (Fsp3) is 0.545. The van der Waals surface area contributed by atoms with Crippen LogP contribution in [0.2, 0.25) is 0 Å². The summed E-state index contributed by atoms with van der Waals surface area (Å²) < 4.78 is 0. The van der Waals surface area contributed by atoms with Gasteiger partial charge >= 0.3 is 0 Å². The Labute approximate surface area is 90.5 Å². The lowest BCUT2D eigenvalue weighted by Crippen LogP contribution is -2.26. The number of pyridine rings is 1. The van der Waals surface area contributed by atoms with Gasteiger partial charge in [0.15, 0.2) is 0 Å². The van der Waals surface area contributed by atoms with Gasteiger partial charge in [0.1, 0.15) is 5.82 Å². The molecule has 4 nitrogen and oxygen atoms in total. The molecule has 0 aliphatic carbocycles. The van der Waals surface area contributed by atoms with Crippen molar-refractivity contribution in [1.29, 1.82) is 0 Å². The predicted molar refractivity (Wildman–Crippen MR) is 62.6 cm³/mol. The first-order valence-corrected chi connectivity index (χ1v) is 5.20. The number of aliphatic hydroxyl groups is 1. The lowest BCUT2D eigenvalue weighted by Gasteiger charge is -2.18. The Morgan fingerprint density at radius 2 is 2.20 bits per heavy atom. The average molecular weight is 209 g/mol. The molecule has 1 aromatic rings. The number of aliphatic hydroxyl groups excluding tert-OH is 1. The van der Waals surface area contributed by atoms with Crippen LogP contribution in [0.5, 0.6) is 0 Å². The topological polar surface area (TPSA) is 71.2 Å². The van der Waals surface area contributed by atoms with E-state index < -0.39 is 0 Å². The molecule has 0 spiro atoms. The van der Waals surface area contributed by atoms with Crippen molar-refractivity contribution >= 4 is 11.5 Å². The van der Waals surface area contributed by atoms with Crippen molar-refractivity contribution in [1.82, 2.24) is 4.98 Å². The number of hydrogen-bond donors (Lipinski definition) is 3. The Hall–Kier alpha value is -1.29. The van der Waals surface area contributed by atoms with E-state index in [4.69, 9.17) is 5.73 Å². The second-order valence-corrected chi connectivity index (χ2v) is 4.13. The van der Waals surface area contributed by atoms with Crippen LogP contribution in [0.3, 0.4) is 0 Å². The molecule has 0 radical (unpaired) electrons. The first-order valence-electron chi connectivity index (χ1n) is 5.20. The van der Waals surface area contributed by atoms with E-state index in [2.05, 4.69) is 24.1 Å². The Bertz CT molecular complexity index is 284. The van der Waals surface area contributed by atoms with Crippen LogP contribution in [-0.4, -0.2) is 22.7 Å². The molecule has 1 aromatic heterocycles. The zero-order valence-electron chi connectivity index (χ0n) is 9.27. The summed E-state index contributed by atoms with van der Waals surface area (Å²) in [6.07, 6.45) is 2.52. The number of nitrogens with one attached hydrogen (secondary N) is 1. The number of nitrogen functional groups attached to an aromatic ring is 1. The summed E-state index contributed by atoms with van der Waals surface area (Å²) in [4.78, 5) is 4.13. The molecular weight excluding hydrogens is 190 g/mol. The Kier molecular flexibility index (Phi) is 4.37. The normalized spacial score (nSPS) is 12.8. The van der Waals surface area contributed by atoms with Gasteiger partial charge in [0.25, 0.3) is 0 Å². The number of aromatic nitrogens is 1. The standard InChI is InChI=1S/C11H19N3O/c1-8(2)5-10(7-15)14-11-4-3-9(12)6-13-11/h3-4,6,8,10,15H,5,7,12H2,1-2H3,(H,13,14). The van der Waals surface area contributed by atoms with Gasteiger partial charge in [-0.2, -0.15) is 0 Å². The van der Waals surface area contributed by atoms with Crippen molar-refractivity contribution in [3.05, 3.63) is 18.3 Å². The summed E-state index contributed by atoms with van der Waals surface area (Å²) >= 11 is 0. The van der Waals surface area contributed by atoms with E-state index in [1.165, 1.54) is 0 Å². The van der Waals surface area contributed by atoms with Crippen LogP contribution >= 0.6 is 0 Å². The highest BCUT2D eigenvalue weighted by Crippen LogP contribution is 2.11. The molecule has 0 aliphatic rings. The maximum Gasteiger partial charge on any atom is 0.126 e. The summed E-state index contributed by atoms with van der Waals surface area (Å²) in [6, 6.07) is 3.67. The number of nitrogens with two attached hydrogens (primary N) is 1. The maximum atomic E-state index is 9.18. The molecule has 1 heterocycles. The zero-order chi connectivity index (χ0) is 11.3. The molecular formula is C11H19N3O. The quantitative estimate of drug-likeness (QED) is 0.687. The van der Waals surface area contributed by atoms with E-state index >= 15 is 0 Å². The minimum absolute atomic E-state index is 0.0566. The maximum absolute atomic E-state index is 9.18. The van der Waals surface area contributed by atoms with E-state index in [0.29, 0.717) is 11.6 Å². The molecule has 4 heteroatoms. The molecule has 0 saturated heterocycles. The number of rotatable bonds is 5. The molecule has 0 amide bonds. The molecule has 84 valence electrons. The largest absolute Gasteiger partial charge is 0.397 e. The van der Waals surface area contributed by atoms with Crippen molar-refractivity contribution in [3.8, 4) is 0 Å². The van der Waals surface area contributed by atoms with Gasteiger partial charge < -0.3 is 16.2 Å². The van der Waals surface area contributed by atoms with Gasteiger partial charge in [0, 0.05) is 0 Å². The van der Waals surface area contributed by atoms with Gasteiger partial charge in [-0.3, -0.25) is 0 Å². The van der Waals surface area contributed by atoms with Crippen molar-refractivity contribution < 1.29 is 5.11 Å². The highest BCUT2D eigenvalue weighted by atomic mass is 16.3. The van der Waals surface area contributed by atoms with Gasteiger partial charge in [-0.1, -0.05) is 13.8 Å². The number of hydrogen-bond acceptors (Lipinski definition) is 4. The van der Waals surface area contributed by atoms with E-state index in [1.54, 1.807) is 12.3 Å². The van der Waals surface area contributed by atoms with Crippen LogP contribution in [0.4, 0.5) is 11.5 Å². The van der Waals surface area contributed by atoms with E-state index in [-0.39, 0.29) is 12.6 Å². The molecule has 0 bridgehead atoms. The minimum Gasteiger partial charge on any atom is -0.397 e. The van der Waals surface area contributed by atoms with Crippen molar-refractivity contribution in [2.75, 3.05) is 17.7 Å². The molecule has 1 unspecified atom stereocenters. The second kappa shape index (κ2) is 5.56. The minimum atomic E-state index is 0.0566. The summed E-state index contributed by atoms with van der Waals surface area (Å²) in [5, 5.41) is 12.3. The van der Waals surface area contributed by atoms with Gasteiger partial charge in [-0.25, -0.2) is 4.98 Å². The van der Waals surface area contributed by atoms with E-state index in [1.807, 2.05) is 6.07 Å². The van der Waals surface area contributed by atoms with Crippen LogP contribution in [-0.2, 0) is 0 Å². The monoisotopic (exact) mass is 209 g/mol. The third-order valence-electron chi connectivity index (χ3n) is 2.11. The summed E-state index contributed by atoms with van der Waals surface area (Å²) in [5.74, 6) is 1.30. The summed E-state index contributed by atoms with van der Waals surface area (Å²) in [5.41, 5.74) is 6.17. The van der Waals surface area contributed by atoms with Gasteiger partial charge in [0.05, 0.1) is 24.5 Å². The van der Waals surface area contributed by atoms with E-state index in [0.717, 1.165) is 12.2 Å². The average Bonchev–Trinajstić information content (AvgIpc) is 2.19. The molecule has 0 fully saturated rings. The Morgan fingerprint density at radius 3 is 2.67 bits per heavy atom. The van der Waals surface area contributed by atoms with Crippen molar-refractivity contribution in [2.45, 2.75) is 26.3 Å². The van der Waals surface area contributed by atoms with Crippen molar-refractivity contribution in [2.24, 2.45) is 5.92 Å². The summed E-state index contributed by atoms with van der Waals surface area (Å²) in [6.45, 7) is 4.37. The molecule has 15 heavy (non-hydrogen) atoms. The third-order valence-corrected chi connectivity index (χ3v) is 2.11. The zero-order valence-corrected chi connectivity index (χ0v) is 9.27. The van der Waals surface area contributed by atoms with Gasteiger partial charge in [-0.15, -0.1) is 0 Å². The number of anilines is 2. The van der Waals surface area contributed by atoms with Crippen LogP contribution < -0.4 is 11.1 Å². The SMILES string of the molecule is CC(C)CC(CO)Nc1ccc(N)cn1. The van der Waals surface area contributed by atoms with Crippen molar-refractivity contribution in [3.63, 3.8) is 0 Å². The highest BCUT2D eigenvalue weighted by Gasteiger charge is 2.09. The molecule has 1 rings (SSSR count). The van der Waals surface area contributed by atoms with Crippen LogP contribution in [0.25, 0.3) is 0 Å². The van der Waals surface area contributed by atoms with Crippen LogP contribution in [0, 0.1) is 5.92 Å². The molecule has 0 saturated carbocycles. The molecule has 0 aromatic carbocycles. The third kappa shape index (κ3) is 4.16. The fourth-order valence-electron chi connectivity index (χ4n) is 1.45. The molecule has 4 N–H and O–H groups in total. The Morgan fingerprint density at radius 1 is 1.47 bits per heavy atom. The van der Waals surface area contributed by atoms with Crippen LogP contribution in [0.1, 0.15) is 20.3 Å².